The Balaban J connectivity index is 3.20. The molecule has 78 valence electrons. The van der Waals surface area contributed by atoms with E-state index in [1.807, 2.05) is 0 Å². The lowest BCUT2D eigenvalue weighted by molar-refractivity contribution is 0.249. The second kappa shape index (κ2) is 3.93. The molecule has 0 aliphatic rings. The predicted molar refractivity (Wildman–Crippen MR) is 49.9 cm³/mol. The number of hydrogen-bond donors (Lipinski definition) is 1. The SMILES string of the molecule is COCS(=O)(=O)c1ccc(N)cc1F. The third-order valence-corrected chi connectivity index (χ3v) is 3.11. The van der Waals surface area contributed by atoms with E-state index in [0.717, 1.165) is 12.1 Å². The molecule has 0 aliphatic carbocycles. The van der Waals surface area contributed by atoms with Crippen LogP contribution in [0.2, 0.25) is 0 Å². The van der Waals surface area contributed by atoms with E-state index in [-0.39, 0.29) is 5.69 Å². The van der Waals surface area contributed by atoms with Gasteiger partial charge in [0.2, 0.25) is 9.84 Å². The topological polar surface area (TPSA) is 69.4 Å². The molecule has 4 nitrogen and oxygen atoms in total. The molecule has 0 saturated carbocycles. The van der Waals surface area contributed by atoms with Gasteiger partial charge in [-0.2, -0.15) is 0 Å². The summed E-state index contributed by atoms with van der Waals surface area (Å²) in [5.41, 5.74) is 5.46. The van der Waals surface area contributed by atoms with Gasteiger partial charge in [-0.3, -0.25) is 0 Å². The minimum Gasteiger partial charge on any atom is -0.399 e. The molecule has 0 bridgehead atoms. The Hall–Kier alpha value is -1.14. The molecule has 6 heteroatoms. The molecule has 0 aromatic heterocycles. The Bertz CT molecular complexity index is 430. The van der Waals surface area contributed by atoms with Gasteiger partial charge < -0.3 is 10.5 Å². The standard InChI is InChI=1S/C8H10FNO3S/c1-13-5-14(11,12)8-3-2-6(10)4-7(8)9/h2-4H,5,10H2,1H3. The normalized spacial score (nSPS) is 11.6. The average molecular weight is 219 g/mol. The maximum absolute atomic E-state index is 13.2. The van der Waals surface area contributed by atoms with Crippen LogP contribution in [-0.2, 0) is 14.6 Å². The number of benzene rings is 1. The third-order valence-electron chi connectivity index (χ3n) is 1.56. The highest BCUT2D eigenvalue weighted by Crippen LogP contribution is 2.18. The first-order valence-corrected chi connectivity index (χ1v) is 5.39. The lowest BCUT2D eigenvalue weighted by Gasteiger charge is -2.04. The first-order valence-electron chi connectivity index (χ1n) is 3.74. The molecule has 0 saturated heterocycles. The van der Waals surface area contributed by atoms with Crippen LogP contribution in [-0.4, -0.2) is 21.5 Å². The van der Waals surface area contributed by atoms with Crippen LogP contribution in [0.4, 0.5) is 10.1 Å². The molecule has 0 fully saturated rings. The second-order valence-corrected chi connectivity index (χ2v) is 4.62. The van der Waals surface area contributed by atoms with E-state index < -0.39 is 26.5 Å². The molecule has 2 N–H and O–H groups in total. The summed E-state index contributed by atoms with van der Waals surface area (Å²) < 4.78 is 40.3. The van der Waals surface area contributed by atoms with Crippen molar-refractivity contribution in [1.29, 1.82) is 0 Å². The average Bonchev–Trinajstić information content (AvgIpc) is 2.02. The number of ether oxygens (including phenoxy) is 1. The lowest BCUT2D eigenvalue weighted by atomic mass is 10.3. The number of sulfone groups is 1. The van der Waals surface area contributed by atoms with Gasteiger partial charge in [0.25, 0.3) is 0 Å². The highest BCUT2D eigenvalue weighted by atomic mass is 32.2. The molecular formula is C8H10FNO3S. The van der Waals surface area contributed by atoms with Gasteiger partial charge in [0.1, 0.15) is 10.7 Å². The molecule has 14 heavy (non-hydrogen) atoms. The summed E-state index contributed by atoms with van der Waals surface area (Å²) in [5.74, 6) is -1.41. The summed E-state index contributed by atoms with van der Waals surface area (Å²) in [5, 5.41) is 0. The Labute approximate surface area is 81.4 Å². The van der Waals surface area contributed by atoms with Crippen LogP contribution in [0.3, 0.4) is 0 Å². The van der Waals surface area contributed by atoms with Crippen molar-refractivity contribution >= 4 is 15.5 Å². The van der Waals surface area contributed by atoms with Gasteiger partial charge in [-0.05, 0) is 18.2 Å². The van der Waals surface area contributed by atoms with Crippen molar-refractivity contribution in [3.05, 3.63) is 24.0 Å². The molecule has 1 aromatic rings. The summed E-state index contributed by atoms with van der Waals surface area (Å²) in [4.78, 5) is -0.395. The molecular weight excluding hydrogens is 209 g/mol. The Morgan fingerprint density at radius 2 is 2.14 bits per heavy atom. The summed E-state index contributed by atoms with van der Waals surface area (Å²) in [6.45, 7) is 0. The minimum atomic E-state index is -3.71. The van der Waals surface area contributed by atoms with Crippen LogP contribution < -0.4 is 5.73 Å². The van der Waals surface area contributed by atoms with Crippen LogP contribution in [0, 0.1) is 5.82 Å². The van der Waals surface area contributed by atoms with Crippen molar-refractivity contribution in [2.75, 3.05) is 18.8 Å². The van der Waals surface area contributed by atoms with E-state index >= 15 is 0 Å². The van der Waals surface area contributed by atoms with E-state index in [4.69, 9.17) is 5.73 Å². The van der Waals surface area contributed by atoms with Gasteiger partial charge in [0, 0.05) is 12.8 Å². The monoisotopic (exact) mass is 219 g/mol. The summed E-state index contributed by atoms with van der Waals surface area (Å²) in [6.07, 6.45) is 0. The van der Waals surface area contributed by atoms with Gasteiger partial charge in [-0.15, -0.1) is 0 Å². The Morgan fingerprint density at radius 3 is 2.64 bits per heavy atom. The number of anilines is 1. The molecule has 1 rings (SSSR count). The lowest BCUT2D eigenvalue weighted by Crippen LogP contribution is -2.10. The van der Waals surface area contributed by atoms with Gasteiger partial charge >= 0.3 is 0 Å². The quantitative estimate of drug-likeness (QED) is 0.763. The predicted octanol–water partition coefficient (Wildman–Crippen LogP) is 0.786. The molecule has 0 heterocycles. The van der Waals surface area contributed by atoms with Crippen molar-refractivity contribution in [3.8, 4) is 0 Å². The van der Waals surface area contributed by atoms with E-state index in [2.05, 4.69) is 4.74 Å². The number of nitrogen functional groups attached to an aromatic ring is 1. The van der Waals surface area contributed by atoms with E-state index in [9.17, 15) is 12.8 Å². The first-order chi connectivity index (χ1) is 6.47. The minimum absolute atomic E-state index is 0.180. The third kappa shape index (κ3) is 2.21. The number of hydrogen-bond acceptors (Lipinski definition) is 4. The molecule has 0 unspecified atom stereocenters. The zero-order valence-electron chi connectivity index (χ0n) is 7.53. The van der Waals surface area contributed by atoms with Gasteiger partial charge in [0.15, 0.2) is 5.94 Å². The van der Waals surface area contributed by atoms with Crippen molar-refractivity contribution in [1.82, 2.24) is 0 Å². The Morgan fingerprint density at radius 1 is 1.50 bits per heavy atom. The zero-order valence-corrected chi connectivity index (χ0v) is 8.34. The zero-order chi connectivity index (χ0) is 10.8. The fraction of sp³-hybridized carbons (Fsp3) is 0.250. The van der Waals surface area contributed by atoms with Crippen LogP contribution in [0.1, 0.15) is 0 Å². The summed E-state index contributed by atoms with van der Waals surface area (Å²) >= 11 is 0. The van der Waals surface area contributed by atoms with Crippen LogP contribution in [0.15, 0.2) is 23.1 Å². The van der Waals surface area contributed by atoms with Crippen molar-refractivity contribution < 1.29 is 17.5 Å². The van der Waals surface area contributed by atoms with Crippen LogP contribution >= 0.6 is 0 Å². The first kappa shape index (κ1) is 10.9. The van der Waals surface area contributed by atoms with Crippen LogP contribution in [0.25, 0.3) is 0 Å². The fourth-order valence-electron chi connectivity index (χ4n) is 0.988. The molecule has 0 radical (unpaired) electrons. The number of nitrogens with two attached hydrogens (primary N) is 1. The largest absolute Gasteiger partial charge is 0.399 e. The molecule has 0 amide bonds. The highest BCUT2D eigenvalue weighted by Gasteiger charge is 2.18. The van der Waals surface area contributed by atoms with Gasteiger partial charge in [0.05, 0.1) is 0 Å². The van der Waals surface area contributed by atoms with Crippen molar-refractivity contribution in [2.45, 2.75) is 4.90 Å². The Kier molecular flexibility index (Phi) is 3.07. The fourth-order valence-corrected chi connectivity index (χ4v) is 2.06. The second-order valence-electron chi connectivity index (χ2n) is 2.71. The van der Waals surface area contributed by atoms with Gasteiger partial charge in [-0.25, -0.2) is 12.8 Å². The maximum Gasteiger partial charge on any atom is 0.205 e. The maximum atomic E-state index is 13.2. The van der Waals surface area contributed by atoms with Crippen LogP contribution in [0.5, 0.6) is 0 Å². The molecule has 0 aliphatic heterocycles. The van der Waals surface area contributed by atoms with Gasteiger partial charge in [-0.1, -0.05) is 0 Å². The number of halogens is 1. The smallest absolute Gasteiger partial charge is 0.205 e. The molecule has 0 spiro atoms. The highest BCUT2D eigenvalue weighted by molar-refractivity contribution is 7.91. The van der Waals surface area contributed by atoms with E-state index in [0.29, 0.717) is 0 Å². The van der Waals surface area contributed by atoms with E-state index in [1.165, 1.54) is 13.2 Å². The molecule has 0 atom stereocenters. The van der Waals surface area contributed by atoms with E-state index in [1.54, 1.807) is 0 Å². The van der Waals surface area contributed by atoms with Crippen molar-refractivity contribution in [3.63, 3.8) is 0 Å². The molecule has 1 aromatic carbocycles. The van der Waals surface area contributed by atoms with Crippen molar-refractivity contribution in [2.24, 2.45) is 0 Å². The summed E-state index contributed by atoms with van der Waals surface area (Å²) in [6, 6.07) is 3.41. The number of methoxy groups -OCH3 is 1. The number of rotatable bonds is 3. The summed E-state index contributed by atoms with van der Waals surface area (Å²) in [7, 11) is -2.48.